The zero-order valence-corrected chi connectivity index (χ0v) is 11.1. The fourth-order valence-electron chi connectivity index (χ4n) is 2.25. The third-order valence-electron chi connectivity index (χ3n) is 3.22. The number of aromatic nitrogens is 2. The lowest BCUT2D eigenvalue weighted by molar-refractivity contribution is -0.384. The highest BCUT2D eigenvalue weighted by Crippen LogP contribution is 2.30. The Balaban J connectivity index is 2.14. The van der Waals surface area contributed by atoms with Gasteiger partial charge in [-0.15, -0.1) is 0 Å². The molecule has 0 aliphatic carbocycles. The van der Waals surface area contributed by atoms with Crippen molar-refractivity contribution in [1.82, 2.24) is 9.78 Å². The maximum absolute atomic E-state index is 10.9. The first-order valence-corrected chi connectivity index (χ1v) is 6.34. The van der Waals surface area contributed by atoms with Gasteiger partial charge >= 0.3 is 0 Å². The Labute approximate surface area is 119 Å². The van der Waals surface area contributed by atoms with Gasteiger partial charge in [-0.1, -0.05) is 11.6 Å². The molecule has 2 N–H and O–H groups in total. The van der Waals surface area contributed by atoms with Gasteiger partial charge in [-0.05, 0) is 12.1 Å². The van der Waals surface area contributed by atoms with Crippen LogP contribution in [0.4, 0.5) is 11.5 Å². The normalized spacial score (nSPS) is 14.1. The minimum Gasteiger partial charge on any atom is -0.382 e. The van der Waals surface area contributed by atoms with Crippen molar-refractivity contribution in [2.45, 2.75) is 13.0 Å². The predicted molar refractivity (Wildman–Crippen MR) is 73.0 cm³/mol. The number of fused-ring (bicyclic) bond motifs is 1. The van der Waals surface area contributed by atoms with Crippen LogP contribution in [0.25, 0.3) is 5.69 Å². The maximum atomic E-state index is 10.9. The van der Waals surface area contributed by atoms with E-state index in [4.69, 9.17) is 22.1 Å². The zero-order chi connectivity index (χ0) is 14.3. The second kappa shape index (κ2) is 4.77. The third-order valence-corrected chi connectivity index (χ3v) is 3.54. The van der Waals surface area contributed by atoms with E-state index in [1.54, 1.807) is 10.7 Å². The van der Waals surface area contributed by atoms with Crippen molar-refractivity contribution in [2.24, 2.45) is 0 Å². The van der Waals surface area contributed by atoms with Gasteiger partial charge < -0.3 is 10.5 Å². The molecule has 1 aliphatic heterocycles. The SMILES string of the molecule is Nc1nn(-c2ccc(Cl)c([N+](=O)[O-])c2)c2c1COCC2. The first kappa shape index (κ1) is 12.9. The zero-order valence-electron chi connectivity index (χ0n) is 10.4. The second-order valence-electron chi connectivity index (χ2n) is 4.42. The van der Waals surface area contributed by atoms with Crippen LogP contribution in [0.2, 0.25) is 5.02 Å². The van der Waals surface area contributed by atoms with E-state index in [2.05, 4.69) is 5.10 Å². The summed E-state index contributed by atoms with van der Waals surface area (Å²) in [4.78, 5) is 10.4. The number of rotatable bonds is 2. The molecule has 0 spiro atoms. The molecule has 2 heterocycles. The second-order valence-corrected chi connectivity index (χ2v) is 4.82. The van der Waals surface area contributed by atoms with Gasteiger partial charge in [0.05, 0.1) is 29.5 Å². The molecule has 2 aromatic rings. The van der Waals surface area contributed by atoms with Crippen molar-refractivity contribution in [1.29, 1.82) is 0 Å². The molecule has 0 amide bonds. The predicted octanol–water partition coefficient (Wildman–Crippen LogP) is 2.09. The highest BCUT2D eigenvalue weighted by molar-refractivity contribution is 6.32. The molecule has 20 heavy (non-hydrogen) atoms. The number of benzene rings is 1. The van der Waals surface area contributed by atoms with Crippen molar-refractivity contribution >= 4 is 23.1 Å². The summed E-state index contributed by atoms with van der Waals surface area (Å²) >= 11 is 5.81. The van der Waals surface area contributed by atoms with Crippen molar-refractivity contribution in [3.63, 3.8) is 0 Å². The van der Waals surface area contributed by atoms with Crippen LogP contribution in [0.3, 0.4) is 0 Å². The van der Waals surface area contributed by atoms with Crippen LogP contribution in [0, 0.1) is 10.1 Å². The minimum atomic E-state index is -0.520. The highest BCUT2D eigenvalue weighted by atomic mass is 35.5. The number of hydrogen-bond acceptors (Lipinski definition) is 5. The molecule has 0 saturated heterocycles. The molecule has 7 nitrogen and oxygen atoms in total. The van der Waals surface area contributed by atoms with Crippen LogP contribution in [0.15, 0.2) is 18.2 Å². The summed E-state index contributed by atoms with van der Waals surface area (Å²) in [7, 11) is 0. The van der Waals surface area contributed by atoms with E-state index in [9.17, 15) is 10.1 Å². The Morgan fingerprint density at radius 3 is 3.05 bits per heavy atom. The lowest BCUT2D eigenvalue weighted by Crippen LogP contribution is -2.13. The third kappa shape index (κ3) is 2.00. The number of nitrogen functional groups attached to an aromatic ring is 1. The van der Waals surface area contributed by atoms with Crippen molar-refractivity contribution in [2.75, 3.05) is 12.3 Å². The van der Waals surface area contributed by atoms with Crippen LogP contribution >= 0.6 is 11.6 Å². The summed E-state index contributed by atoms with van der Waals surface area (Å²) < 4.78 is 6.97. The summed E-state index contributed by atoms with van der Waals surface area (Å²) in [6.45, 7) is 0.991. The van der Waals surface area contributed by atoms with Gasteiger partial charge in [0.2, 0.25) is 0 Å². The van der Waals surface area contributed by atoms with Crippen molar-refractivity contribution in [3.05, 3.63) is 44.6 Å². The number of nitro groups is 1. The van der Waals surface area contributed by atoms with Crippen LogP contribution in [-0.2, 0) is 17.8 Å². The number of anilines is 1. The molecule has 0 fully saturated rings. The van der Waals surface area contributed by atoms with Crippen molar-refractivity contribution < 1.29 is 9.66 Å². The first-order valence-electron chi connectivity index (χ1n) is 5.96. The smallest absolute Gasteiger partial charge is 0.290 e. The summed E-state index contributed by atoms with van der Waals surface area (Å²) in [5.41, 5.74) is 8.03. The quantitative estimate of drug-likeness (QED) is 0.676. The topological polar surface area (TPSA) is 96.2 Å². The fourth-order valence-corrected chi connectivity index (χ4v) is 2.43. The van der Waals surface area contributed by atoms with E-state index >= 15 is 0 Å². The molecular weight excluding hydrogens is 284 g/mol. The summed E-state index contributed by atoms with van der Waals surface area (Å²) in [5, 5.41) is 15.3. The largest absolute Gasteiger partial charge is 0.382 e. The van der Waals surface area contributed by atoms with E-state index < -0.39 is 4.92 Å². The molecule has 1 aliphatic rings. The summed E-state index contributed by atoms with van der Waals surface area (Å²) in [6, 6.07) is 4.56. The molecule has 0 unspecified atom stereocenters. The lowest BCUT2D eigenvalue weighted by atomic mass is 10.1. The minimum absolute atomic E-state index is 0.0936. The molecular formula is C12H11ClN4O3. The van der Waals surface area contributed by atoms with Crippen LogP contribution in [0.5, 0.6) is 0 Å². The Morgan fingerprint density at radius 1 is 1.50 bits per heavy atom. The van der Waals surface area contributed by atoms with Gasteiger partial charge in [0.1, 0.15) is 5.02 Å². The van der Waals surface area contributed by atoms with E-state index in [0.29, 0.717) is 31.1 Å². The molecule has 104 valence electrons. The van der Waals surface area contributed by atoms with Crippen LogP contribution in [-0.4, -0.2) is 21.3 Å². The lowest BCUT2D eigenvalue weighted by Gasteiger charge is -2.14. The Morgan fingerprint density at radius 2 is 2.30 bits per heavy atom. The molecule has 0 saturated carbocycles. The Bertz CT molecular complexity index is 698. The van der Waals surface area contributed by atoms with Gasteiger partial charge in [-0.25, -0.2) is 4.68 Å². The molecule has 0 radical (unpaired) electrons. The molecule has 8 heteroatoms. The van der Waals surface area contributed by atoms with Gasteiger partial charge in [0.25, 0.3) is 5.69 Å². The number of nitro benzene ring substituents is 1. The molecule has 1 aromatic carbocycles. The van der Waals surface area contributed by atoms with E-state index in [0.717, 1.165) is 11.3 Å². The molecule has 0 atom stereocenters. The van der Waals surface area contributed by atoms with Gasteiger partial charge in [-0.3, -0.25) is 10.1 Å². The monoisotopic (exact) mass is 294 g/mol. The van der Waals surface area contributed by atoms with Crippen LogP contribution < -0.4 is 5.73 Å². The fraction of sp³-hybridized carbons (Fsp3) is 0.250. The molecule has 0 bridgehead atoms. The van der Waals surface area contributed by atoms with Gasteiger partial charge in [-0.2, -0.15) is 5.10 Å². The van der Waals surface area contributed by atoms with Gasteiger partial charge in [0, 0.05) is 18.1 Å². The van der Waals surface area contributed by atoms with E-state index in [1.165, 1.54) is 12.1 Å². The number of nitrogens with two attached hydrogens (primary N) is 1. The van der Waals surface area contributed by atoms with E-state index in [1.807, 2.05) is 0 Å². The maximum Gasteiger partial charge on any atom is 0.290 e. The number of nitrogens with zero attached hydrogens (tertiary/aromatic N) is 3. The van der Waals surface area contributed by atoms with Gasteiger partial charge in [0.15, 0.2) is 5.82 Å². The highest BCUT2D eigenvalue weighted by Gasteiger charge is 2.22. The Hall–Kier alpha value is -2.12. The average molecular weight is 295 g/mol. The standard InChI is InChI=1S/C12H11ClN4O3/c13-9-2-1-7(5-11(9)17(18)19)16-10-3-4-20-6-8(10)12(14)15-16/h1-2,5H,3-4,6H2,(H2,14,15). The number of hydrogen-bond donors (Lipinski definition) is 1. The summed E-state index contributed by atoms with van der Waals surface area (Å²) in [6.07, 6.45) is 0.663. The first-order chi connectivity index (χ1) is 9.58. The van der Waals surface area contributed by atoms with Crippen LogP contribution in [0.1, 0.15) is 11.3 Å². The van der Waals surface area contributed by atoms with Crippen molar-refractivity contribution in [3.8, 4) is 5.69 Å². The number of ether oxygens (including phenoxy) is 1. The average Bonchev–Trinajstić information content (AvgIpc) is 2.77. The Kier molecular flexibility index (Phi) is 3.07. The van der Waals surface area contributed by atoms with E-state index in [-0.39, 0.29) is 10.7 Å². The molecule has 3 rings (SSSR count). The summed E-state index contributed by atoms with van der Waals surface area (Å²) in [5.74, 6) is 0.386. The number of halogens is 1. The molecule has 1 aromatic heterocycles.